The smallest absolute Gasteiger partial charge is 0.274 e. The minimum Gasteiger partial charge on any atom is -0.471 e. The number of hydrogen-bond donors (Lipinski definition) is 1. The molecule has 4 heterocycles. The standard InChI is InChI=1S/C20H22N6O2/c1-25-18-7-9-26(20(27)16-10-15(22-23-16)13-5-6-13)11-14(18)17(24-25)12-28-19-4-2-3-8-21-19/h2-4,8,10,13H,5-7,9,11-12H2,1H3,(H,22,23). The average Bonchev–Trinajstić information content (AvgIpc) is 3.38. The summed E-state index contributed by atoms with van der Waals surface area (Å²) in [6.45, 7) is 1.52. The lowest BCUT2D eigenvalue weighted by Crippen LogP contribution is -2.36. The summed E-state index contributed by atoms with van der Waals surface area (Å²) in [4.78, 5) is 19.0. The third-order valence-electron chi connectivity index (χ3n) is 5.44. The third kappa shape index (κ3) is 3.15. The molecule has 1 saturated carbocycles. The summed E-state index contributed by atoms with van der Waals surface area (Å²) < 4.78 is 7.68. The van der Waals surface area contributed by atoms with Crippen LogP contribution in [0.15, 0.2) is 30.5 Å². The monoisotopic (exact) mass is 378 g/mol. The van der Waals surface area contributed by atoms with Crippen molar-refractivity contribution in [3.8, 4) is 5.88 Å². The van der Waals surface area contributed by atoms with Gasteiger partial charge in [0, 0.05) is 61.7 Å². The number of H-pyrrole nitrogens is 1. The lowest BCUT2D eigenvalue weighted by Gasteiger charge is -2.27. The van der Waals surface area contributed by atoms with Gasteiger partial charge < -0.3 is 9.64 Å². The van der Waals surface area contributed by atoms with E-state index in [0.29, 0.717) is 37.2 Å². The number of aromatic amines is 1. The SMILES string of the molecule is Cn1nc(COc2ccccn2)c2c1CCN(C(=O)c1cc(C3CC3)[nH]n1)C2. The molecule has 8 heteroatoms. The quantitative estimate of drug-likeness (QED) is 0.735. The van der Waals surface area contributed by atoms with Gasteiger partial charge in [0.2, 0.25) is 5.88 Å². The van der Waals surface area contributed by atoms with Crippen molar-refractivity contribution in [3.63, 3.8) is 0 Å². The van der Waals surface area contributed by atoms with E-state index in [4.69, 9.17) is 4.74 Å². The van der Waals surface area contributed by atoms with Gasteiger partial charge in [-0.25, -0.2) is 4.98 Å². The van der Waals surface area contributed by atoms with Crippen LogP contribution in [0.3, 0.4) is 0 Å². The number of rotatable bonds is 5. The largest absolute Gasteiger partial charge is 0.471 e. The molecule has 0 bridgehead atoms. The van der Waals surface area contributed by atoms with Crippen LogP contribution in [0.4, 0.5) is 0 Å². The highest BCUT2D eigenvalue weighted by Gasteiger charge is 2.30. The third-order valence-corrected chi connectivity index (χ3v) is 5.44. The second-order valence-electron chi connectivity index (χ2n) is 7.41. The second kappa shape index (κ2) is 6.78. The molecular weight excluding hydrogens is 356 g/mol. The second-order valence-corrected chi connectivity index (χ2v) is 7.41. The van der Waals surface area contributed by atoms with Gasteiger partial charge in [-0.1, -0.05) is 6.07 Å². The minimum absolute atomic E-state index is 0.0331. The Labute approximate surface area is 162 Å². The Hall–Kier alpha value is -3.16. The van der Waals surface area contributed by atoms with Crippen molar-refractivity contribution in [2.75, 3.05) is 6.54 Å². The molecule has 0 atom stereocenters. The number of aromatic nitrogens is 5. The summed E-state index contributed by atoms with van der Waals surface area (Å²) in [5.41, 5.74) is 4.65. The highest BCUT2D eigenvalue weighted by atomic mass is 16.5. The molecule has 1 aliphatic carbocycles. The molecule has 0 saturated heterocycles. The van der Waals surface area contributed by atoms with Crippen molar-refractivity contribution >= 4 is 5.91 Å². The number of carbonyl (C=O) groups is 1. The molecule has 0 unspecified atom stereocenters. The first-order valence-electron chi connectivity index (χ1n) is 9.61. The zero-order valence-corrected chi connectivity index (χ0v) is 15.8. The van der Waals surface area contributed by atoms with Crippen LogP contribution < -0.4 is 4.74 Å². The highest BCUT2D eigenvalue weighted by Crippen LogP contribution is 2.39. The number of carbonyl (C=O) groups excluding carboxylic acids is 1. The van der Waals surface area contributed by atoms with Crippen LogP contribution in [0.25, 0.3) is 0 Å². The van der Waals surface area contributed by atoms with Crippen LogP contribution in [-0.4, -0.2) is 42.3 Å². The first-order chi connectivity index (χ1) is 13.7. The summed E-state index contributed by atoms with van der Waals surface area (Å²) in [5.74, 6) is 1.08. The van der Waals surface area contributed by atoms with Crippen molar-refractivity contribution in [2.45, 2.75) is 38.3 Å². The molecule has 3 aromatic heterocycles. The molecule has 28 heavy (non-hydrogen) atoms. The molecule has 5 rings (SSSR count). The van der Waals surface area contributed by atoms with E-state index in [2.05, 4.69) is 20.3 Å². The lowest BCUT2D eigenvalue weighted by atomic mass is 10.0. The van der Waals surface area contributed by atoms with E-state index in [0.717, 1.165) is 29.1 Å². The molecule has 0 spiro atoms. The molecule has 144 valence electrons. The van der Waals surface area contributed by atoms with Crippen LogP contribution in [0, 0.1) is 0 Å². The highest BCUT2D eigenvalue weighted by molar-refractivity contribution is 5.92. The van der Waals surface area contributed by atoms with Crippen molar-refractivity contribution < 1.29 is 9.53 Å². The first-order valence-corrected chi connectivity index (χ1v) is 9.61. The number of ether oxygens (including phenoxy) is 1. The lowest BCUT2D eigenvalue weighted by molar-refractivity contribution is 0.0726. The Morgan fingerprint density at radius 2 is 2.25 bits per heavy atom. The van der Waals surface area contributed by atoms with Crippen LogP contribution in [0.5, 0.6) is 5.88 Å². The zero-order chi connectivity index (χ0) is 19.1. The van der Waals surface area contributed by atoms with Gasteiger partial charge in [0.25, 0.3) is 5.91 Å². The number of nitrogens with one attached hydrogen (secondary N) is 1. The molecule has 0 aromatic carbocycles. The maximum absolute atomic E-state index is 12.9. The van der Waals surface area contributed by atoms with Gasteiger partial charge in [-0.15, -0.1) is 0 Å². The minimum atomic E-state index is -0.0331. The molecule has 1 aliphatic heterocycles. The number of aryl methyl sites for hydroxylation is 1. The number of nitrogens with zero attached hydrogens (tertiary/aromatic N) is 5. The summed E-state index contributed by atoms with van der Waals surface area (Å²) in [6, 6.07) is 7.46. The normalized spacial score (nSPS) is 16.1. The van der Waals surface area contributed by atoms with Crippen LogP contribution >= 0.6 is 0 Å². The maximum Gasteiger partial charge on any atom is 0.274 e. The van der Waals surface area contributed by atoms with Crippen LogP contribution in [0.1, 0.15) is 51.9 Å². The van der Waals surface area contributed by atoms with Gasteiger partial charge >= 0.3 is 0 Å². The van der Waals surface area contributed by atoms with Crippen molar-refractivity contribution in [1.82, 2.24) is 29.9 Å². The predicted octanol–water partition coefficient (Wildman–Crippen LogP) is 2.19. The van der Waals surface area contributed by atoms with E-state index in [9.17, 15) is 4.79 Å². The van der Waals surface area contributed by atoms with E-state index in [-0.39, 0.29) is 5.91 Å². The predicted molar refractivity (Wildman–Crippen MR) is 101 cm³/mol. The van der Waals surface area contributed by atoms with E-state index >= 15 is 0 Å². The molecule has 1 amide bonds. The van der Waals surface area contributed by atoms with E-state index in [1.165, 1.54) is 12.8 Å². The van der Waals surface area contributed by atoms with Crippen LogP contribution in [0.2, 0.25) is 0 Å². The Bertz CT molecular complexity index is 1010. The van der Waals surface area contributed by atoms with E-state index in [1.54, 1.807) is 6.20 Å². The fraction of sp³-hybridized carbons (Fsp3) is 0.400. The fourth-order valence-corrected chi connectivity index (χ4v) is 3.75. The number of amides is 1. The van der Waals surface area contributed by atoms with Gasteiger partial charge in [0.05, 0.1) is 0 Å². The maximum atomic E-state index is 12.9. The van der Waals surface area contributed by atoms with Gasteiger partial charge in [-0.2, -0.15) is 10.2 Å². The molecule has 8 nitrogen and oxygen atoms in total. The molecule has 0 radical (unpaired) electrons. The summed E-state index contributed by atoms with van der Waals surface area (Å²) >= 11 is 0. The Balaban J connectivity index is 1.33. The fourth-order valence-electron chi connectivity index (χ4n) is 3.75. The average molecular weight is 378 g/mol. The summed E-state index contributed by atoms with van der Waals surface area (Å²) in [5, 5.41) is 11.9. The van der Waals surface area contributed by atoms with Gasteiger partial charge in [-0.05, 0) is 25.0 Å². The van der Waals surface area contributed by atoms with Gasteiger partial charge in [-0.3, -0.25) is 14.6 Å². The molecule has 1 fully saturated rings. The molecule has 2 aliphatic rings. The number of pyridine rings is 1. The van der Waals surface area contributed by atoms with E-state index in [1.807, 2.05) is 40.9 Å². The Morgan fingerprint density at radius 3 is 3.04 bits per heavy atom. The summed E-state index contributed by atoms with van der Waals surface area (Å²) in [7, 11) is 1.94. The zero-order valence-electron chi connectivity index (χ0n) is 15.8. The topological polar surface area (TPSA) is 88.9 Å². The van der Waals surface area contributed by atoms with Gasteiger partial charge in [0.1, 0.15) is 18.0 Å². The van der Waals surface area contributed by atoms with Gasteiger partial charge in [0.15, 0.2) is 0 Å². The molecule has 3 aromatic rings. The summed E-state index contributed by atoms with van der Waals surface area (Å²) in [6.07, 6.45) is 4.83. The molecule has 1 N–H and O–H groups in total. The van der Waals surface area contributed by atoms with Crippen molar-refractivity contribution in [2.24, 2.45) is 7.05 Å². The van der Waals surface area contributed by atoms with Crippen LogP contribution in [-0.2, 0) is 26.6 Å². The Kier molecular flexibility index (Phi) is 4.11. The van der Waals surface area contributed by atoms with Crippen molar-refractivity contribution in [1.29, 1.82) is 0 Å². The first kappa shape index (κ1) is 17.0. The number of hydrogen-bond acceptors (Lipinski definition) is 5. The van der Waals surface area contributed by atoms with Crippen molar-refractivity contribution in [3.05, 3.63) is 58.8 Å². The Morgan fingerprint density at radius 1 is 1.36 bits per heavy atom. The van der Waals surface area contributed by atoms with E-state index < -0.39 is 0 Å². The molecular formula is C20H22N6O2. The number of fused-ring (bicyclic) bond motifs is 1.